The molecule has 0 aromatic rings. The van der Waals surface area contributed by atoms with Crippen molar-refractivity contribution in [3.05, 3.63) is 24.3 Å². The van der Waals surface area contributed by atoms with E-state index in [0.717, 1.165) is 70.6 Å². The number of esters is 1. The van der Waals surface area contributed by atoms with Crippen LogP contribution in [-0.2, 0) is 14.3 Å². The average Bonchev–Trinajstić information content (AvgIpc) is 3.24. The van der Waals surface area contributed by atoms with Crippen LogP contribution < -0.4 is 5.32 Å². The van der Waals surface area contributed by atoms with Crippen molar-refractivity contribution in [2.24, 2.45) is 0 Å². The predicted octanol–water partition coefficient (Wildman–Crippen LogP) is 15.5. The van der Waals surface area contributed by atoms with Crippen molar-refractivity contribution in [3.8, 4) is 0 Å². The van der Waals surface area contributed by atoms with Crippen molar-refractivity contribution in [2.75, 3.05) is 13.2 Å². The second-order valence-corrected chi connectivity index (χ2v) is 17.8. The topological polar surface area (TPSA) is 95.9 Å². The number of carbonyl (C=O) groups excluding carboxylic acids is 2. The molecule has 3 N–H and O–H groups in total. The molecule has 0 fully saturated rings. The van der Waals surface area contributed by atoms with Gasteiger partial charge in [-0.25, -0.2) is 0 Å². The molecule has 0 saturated carbocycles. The third kappa shape index (κ3) is 45.7. The van der Waals surface area contributed by atoms with Crippen LogP contribution in [0, 0.1) is 0 Å². The van der Waals surface area contributed by atoms with Gasteiger partial charge in [0.2, 0.25) is 5.91 Å². The highest BCUT2D eigenvalue weighted by Gasteiger charge is 2.20. The van der Waals surface area contributed by atoms with Gasteiger partial charge >= 0.3 is 5.97 Å². The molecule has 0 bridgehead atoms. The molecule has 0 rings (SSSR count). The van der Waals surface area contributed by atoms with Crippen molar-refractivity contribution in [2.45, 2.75) is 289 Å². The van der Waals surface area contributed by atoms with Gasteiger partial charge in [0.25, 0.3) is 0 Å². The third-order valence-electron chi connectivity index (χ3n) is 12.0. The first-order valence-electron chi connectivity index (χ1n) is 26.1. The van der Waals surface area contributed by atoms with E-state index in [1.165, 1.54) is 173 Å². The lowest BCUT2D eigenvalue weighted by molar-refractivity contribution is -0.143. The lowest BCUT2D eigenvalue weighted by atomic mass is 10.0. The van der Waals surface area contributed by atoms with Crippen molar-refractivity contribution < 1.29 is 24.5 Å². The smallest absolute Gasteiger partial charge is 0.305 e. The van der Waals surface area contributed by atoms with Gasteiger partial charge in [0.05, 0.1) is 25.4 Å². The molecule has 348 valence electrons. The fourth-order valence-electron chi connectivity index (χ4n) is 7.93. The maximum atomic E-state index is 12.4. The van der Waals surface area contributed by atoms with Gasteiger partial charge in [-0.2, -0.15) is 0 Å². The van der Waals surface area contributed by atoms with Gasteiger partial charge < -0.3 is 20.3 Å². The zero-order valence-corrected chi connectivity index (χ0v) is 39.5. The van der Waals surface area contributed by atoms with Gasteiger partial charge in [0, 0.05) is 12.8 Å². The Morgan fingerprint density at radius 2 is 0.814 bits per heavy atom. The fraction of sp³-hybridized carbons (Fsp3) is 0.887. The number of hydrogen-bond donors (Lipinski definition) is 3. The lowest BCUT2D eigenvalue weighted by Gasteiger charge is -2.22. The van der Waals surface area contributed by atoms with E-state index >= 15 is 0 Å². The minimum absolute atomic E-state index is 0.0389. The Kier molecular flexibility index (Phi) is 47.6. The quantitative estimate of drug-likeness (QED) is 0.0322. The Balaban J connectivity index is 3.53. The van der Waals surface area contributed by atoms with Crippen LogP contribution >= 0.6 is 0 Å². The van der Waals surface area contributed by atoms with Crippen molar-refractivity contribution in [3.63, 3.8) is 0 Å². The molecule has 0 saturated heterocycles. The largest absolute Gasteiger partial charge is 0.466 e. The van der Waals surface area contributed by atoms with Gasteiger partial charge in [0.15, 0.2) is 0 Å². The molecule has 0 aromatic heterocycles. The Hall–Kier alpha value is -1.66. The van der Waals surface area contributed by atoms with Crippen LogP contribution in [0.1, 0.15) is 277 Å². The lowest BCUT2D eigenvalue weighted by Crippen LogP contribution is -2.45. The molecule has 0 aliphatic heterocycles. The molecule has 59 heavy (non-hydrogen) atoms. The summed E-state index contributed by atoms with van der Waals surface area (Å²) in [6.45, 7) is 4.86. The summed E-state index contributed by atoms with van der Waals surface area (Å²) < 4.78 is 5.44. The Morgan fingerprint density at radius 3 is 1.24 bits per heavy atom. The molecule has 0 spiro atoms. The average molecular weight is 832 g/mol. The number of rotatable bonds is 48. The number of aliphatic hydroxyl groups is 2. The molecular formula is C53H101NO5. The van der Waals surface area contributed by atoms with E-state index in [-0.39, 0.29) is 18.5 Å². The molecule has 2 unspecified atom stereocenters. The number of amides is 1. The summed E-state index contributed by atoms with van der Waals surface area (Å²) in [5, 5.41) is 23.2. The molecule has 1 amide bonds. The number of allylic oxidation sites excluding steroid dienone is 4. The Bertz CT molecular complexity index is 920. The minimum atomic E-state index is -0.695. The van der Waals surface area contributed by atoms with Crippen LogP contribution in [0.3, 0.4) is 0 Å². The first-order valence-corrected chi connectivity index (χ1v) is 26.1. The summed E-state index contributed by atoms with van der Waals surface area (Å²) in [4.78, 5) is 24.5. The highest BCUT2D eigenvalue weighted by atomic mass is 16.5. The van der Waals surface area contributed by atoms with Gasteiger partial charge in [-0.15, -0.1) is 0 Å². The van der Waals surface area contributed by atoms with Crippen LogP contribution in [0.25, 0.3) is 0 Å². The maximum Gasteiger partial charge on any atom is 0.305 e. The van der Waals surface area contributed by atoms with Crippen LogP contribution in [0.4, 0.5) is 0 Å². The highest BCUT2D eigenvalue weighted by Crippen LogP contribution is 2.16. The molecule has 0 heterocycles. The van der Waals surface area contributed by atoms with Crippen LogP contribution in [0.5, 0.6) is 0 Å². The molecule has 0 aliphatic rings. The Labute approximate surface area is 367 Å². The van der Waals surface area contributed by atoms with E-state index in [1.54, 1.807) is 0 Å². The standard InChI is InChI=1S/C53H101NO5/c1-3-5-7-9-11-13-15-17-19-21-23-25-27-31-35-39-43-47-53(58)59-48-44-40-36-32-28-30-34-38-42-46-52(57)54-50(49-55)51(56)45-41-37-33-29-26-24-22-20-18-16-14-12-10-8-6-4-2/h17,19,30,34,50-51,55-56H,3-16,18,20-29,31-33,35-49H2,1-2H3,(H,54,57)/b19-17-,34-30-. The van der Waals surface area contributed by atoms with E-state index in [4.69, 9.17) is 4.74 Å². The van der Waals surface area contributed by atoms with Gasteiger partial charge in [-0.05, 0) is 70.6 Å². The van der Waals surface area contributed by atoms with Crippen LogP contribution in [0.15, 0.2) is 24.3 Å². The molecule has 0 aromatic carbocycles. The summed E-state index contributed by atoms with van der Waals surface area (Å²) in [5.41, 5.74) is 0. The van der Waals surface area contributed by atoms with Gasteiger partial charge in [-0.1, -0.05) is 218 Å². The maximum absolute atomic E-state index is 12.4. The Morgan fingerprint density at radius 1 is 0.458 bits per heavy atom. The SMILES string of the molecule is CCCCCCCC/C=C\CCCCCCCCCC(=O)OCCCCCC/C=C\CCCC(=O)NC(CO)C(O)CCCCCCCCCCCCCCCCCC. The summed E-state index contributed by atoms with van der Waals surface area (Å²) in [5.74, 6) is -0.134. The zero-order valence-electron chi connectivity index (χ0n) is 39.5. The van der Waals surface area contributed by atoms with E-state index < -0.39 is 12.1 Å². The number of unbranched alkanes of at least 4 members (excludes halogenated alkanes) is 33. The molecule has 0 radical (unpaired) electrons. The molecule has 6 nitrogen and oxygen atoms in total. The van der Waals surface area contributed by atoms with Gasteiger partial charge in [-0.3, -0.25) is 9.59 Å². The highest BCUT2D eigenvalue weighted by molar-refractivity contribution is 5.76. The zero-order chi connectivity index (χ0) is 43.0. The number of aliphatic hydroxyl groups excluding tert-OH is 2. The molecule has 2 atom stereocenters. The van der Waals surface area contributed by atoms with E-state index in [1.807, 2.05) is 0 Å². The monoisotopic (exact) mass is 832 g/mol. The summed E-state index contributed by atoms with van der Waals surface area (Å²) in [7, 11) is 0. The van der Waals surface area contributed by atoms with Crippen LogP contribution in [0.2, 0.25) is 0 Å². The van der Waals surface area contributed by atoms with Crippen molar-refractivity contribution in [1.82, 2.24) is 5.32 Å². The number of hydrogen-bond acceptors (Lipinski definition) is 5. The van der Waals surface area contributed by atoms with Gasteiger partial charge in [0.1, 0.15) is 0 Å². The second-order valence-electron chi connectivity index (χ2n) is 17.8. The molecule has 6 heteroatoms. The first kappa shape index (κ1) is 57.3. The third-order valence-corrected chi connectivity index (χ3v) is 12.0. The van der Waals surface area contributed by atoms with Crippen LogP contribution in [-0.4, -0.2) is 47.4 Å². The predicted molar refractivity (Wildman–Crippen MR) is 255 cm³/mol. The minimum Gasteiger partial charge on any atom is -0.466 e. The number of ether oxygens (including phenoxy) is 1. The van der Waals surface area contributed by atoms with E-state index in [9.17, 15) is 19.8 Å². The molecule has 0 aliphatic carbocycles. The molecular weight excluding hydrogens is 731 g/mol. The normalized spacial score (nSPS) is 12.8. The first-order chi connectivity index (χ1) is 29.0. The summed E-state index contributed by atoms with van der Waals surface area (Å²) in [6, 6.07) is -0.579. The summed E-state index contributed by atoms with van der Waals surface area (Å²) in [6.07, 6.45) is 57.3. The second kappa shape index (κ2) is 49.0. The van der Waals surface area contributed by atoms with E-state index in [2.05, 4.69) is 43.5 Å². The van der Waals surface area contributed by atoms with E-state index in [0.29, 0.717) is 25.9 Å². The summed E-state index contributed by atoms with van der Waals surface area (Å²) >= 11 is 0. The van der Waals surface area contributed by atoms with Crippen molar-refractivity contribution >= 4 is 11.9 Å². The number of carbonyl (C=O) groups is 2. The van der Waals surface area contributed by atoms with Crippen molar-refractivity contribution in [1.29, 1.82) is 0 Å². The fourth-order valence-corrected chi connectivity index (χ4v) is 7.93. The number of nitrogens with one attached hydrogen (secondary N) is 1.